The number of rotatable bonds is 6. The Morgan fingerprint density at radius 1 is 1.39 bits per heavy atom. The van der Waals surface area contributed by atoms with Crippen LogP contribution in [0.3, 0.4) is 0 Å². The van der Waals surface area contributed by atoms with E-state index in [-0.39, 0.29) is 0 Å². The lowest BCUT2D eigenvalue weighted by Crippen LogP contribution is -2.58. The summed E-state index contributed by atoms with van der Waals surface area (Å²) in [4.78, 5) is 2.68. The predicted molar refractivity (Wildman–Crippen MR) is 80.9 cm³/mol. The first-order chi connectivity index (χ1) is 8.58. The fourth-order valence-corrected chi connectivity index (χ4v) is 2.69. The van der Waals surface area contributed by atoms with Gasteiger partial charge in [-0.25, -0.2) is 0 Å². The van der Waals surface area contributed by atoms with Crippen molar-refractivity contribution in [3.05, 3.63) is 11.6 Å². The third-order valence-electron chi connectivity index (χ3n) is 4.25. The van der Waals surface area contributed by atoms with Gasteiger partial charge in [0, 0.05) is 31.7 Å². The molecule has 3 unspecified atom stereocenters. The number of hydrogen-bond donors (Lipinski definition) is 1. The van der Waals surface area contributed by atoms with Crippen molar-refractivity contribution in [3.63, 3.8) is 0 Å². The molecule has 0 aliphatic carbocycles. The minimum atomic E-state index is 0.675. The van der Waals surface area contributed by atoms with Crippen LogP contribution in [0.4, 0.5) is 0 Å². The Kier molecular flexibility index (Phi) is 6.95. The van der Waals surface area contributed by atoms with E-state index in [1.54, 1.807) is 0 Å². The van der Waals surface area contributed by atoms with Crippen LogP contribution in [0.5, 0.6) is 0 Å². The third-order valence-corrected chi connectivity index (χ3v) is 4.25. The molecule has 1 heterocycles. The number of nitrogens with zero attached hydrogens (tertiary/aromatic N) is 1. The summed E-state index contributed by atoms with van der Waals surface area (Å²) in [6, 6.07) is 1.40. The van der Waals surface area contributed by atoms with Crippen molar-refractivity contribution in [3.8, 4) is 0 Å². The third kappa shape index (κ3) is 4.74. The molecule has 0 aromatic carbocycles. The van der Waals surface area contributed by atoms with E-state index in [1.165, 1.54) is 37.9 Å². The van der Waals surface area contributed by atoms with Crippen molar-refractivity contribution in [2.45, 2.75) is 66.0 Å². The van der Waals surface area contributed by atoms with Gasteiger partial charge in [-0.15, -0.1) is 0 Å². The summed E-state index contributed by atoms with van der Waals surface area (Å²) in [6.45, 7) is 14.9. The highest BCUT2D eigenvalue weighted by Gasteiger charge is 2.28. The molecule has 1 N–H and O–H groups in total. The fraction of sp³-hybridized carbons (Fsp3) is 0.875. The summed E-state index contributed by atoms with van der Waals surface area (Å²) in [5.41, 5.74) is 1.43. The molecular formula is C16H32N2. The molecule has 1 fully saturated rings. The summed E-state index contributed by atoms with van der Waals surface area (Å²) < 4.78 is 0. The minimum absolute atomic E-state index is 0.675. The van der Waals surface area contributed by atoms with Gasteiger partial charge in [0.2, 0.25) is 0 Å². The van der Waals surface area contributed by atoms with Crippen LogP contribution in [-0.4, -0.2) is 36.6 Å². The number of piperazine rings is 1. The van der Waals surface area contributed by atoms with E-state index in [2.05, 4.69) is 50.9 Å². The predicted octanol–water partition coefficient (Wildman–Crippen LogP) is 3.44. The molecule has 0 aromatic heterocycles. The smallest absolute Gasteiger partial charge is 0.0224 e. The van der Waals surface area contributed by atoms with Crippen LogP contribution in [0.2, 0.25) is 0 Å². The Hall–Kier alpha value is -0.340. The van der Waals surface area contributed by atoms with Crippen LogP contribution >= 0.6 is 0 Å². The zero-order valence-corrected chi connectivity index (χ0v) is 13.0. The van der Waals surface area contributed by atoms with E-state index in [9.17, 15) is 0 Å². The van der Waals surface area contributed by atoms with E-state index in [4.69, 9.17) is 0 Å². The van der Waals surface area contributed by atoms with E-state index < -0.39 is 0 Å². The molecule has 1 saturated heterocycles. The standard InChI is InChI=1S/C16H32N2/c1-6-8-15-11-17-16(14(5)7-2)12-18(15)10-9-13(3)4/h9,14-17H,6-8,10-12H2,1-5H3. The molecule has 106 valence electrons. The molecule has 3 atom stereocenters. The molecule has 0 bridgehead atoms. The molecule has 0 aromatic rings. The van der Waals surface area contributed by atoms with E-state index in [0.29, 0.717) is 6.04 Å². The summed E-state index contributed by atoms with van der Waals surface area (Å²) in [5, 5.41) is 3.76. The van der Waals surface area contributed by atoms with Crippen molar-refractivity contribution in [2.75, 3.05) is 19.6 Å². The van der Waals surface area contributed by atoms with Gasteiger partial charge in [0.25, 0.3) is 0 Å². The van der Waals surface area contributed by atoms with Crippen molar-refractivity contribution in [1.29, 1.82) is 0 Å². The average Bonchev–Trinajstić information content (AvgIpc) is 2.36. The van der Waals surface area contributed by atoms with E-state index in [1.807, 2.05) is 0 Å². The molecule has 0 saturated carbocycles. The zero-order chi connectivity index (χ0) is 13.5. The molecule has 0 radical (unpaired) electrons. The Balaban J connectivity index is 2.60. The first-order valence-electron chi connectivity index (χ1n) is 7.69. The second-order valence-corrected chi connectivity index (χ2v) is 6.08. The second-order valence-electron chi connectivity index (χ2n) is 6.08. The number of nitrogens with one attached hydrogen (secondary N) is 1. The maximum atomic E-state index is 3.76. The van der Waals surface area contributed by atoms with Crippen LogP contribution < -0.4 is 5.32 Å². The lowest BCUT2D eigenvalue weighted by atomic mass is 9.94. The lowest BCUT2D eigenvalue weighted by molar-refractivity contribution is 0.115. The summed E-state index contributed by atoms with van der Waals surface area (Å²) in [6.07, 6.45) is 6.25. The lowest BCUT2D eigenvalue weighted by Gasteiger charge is -2.42. The van der Waals surface area contributed by atoms with Gasteiger partial charge in [-0.3, -0.25) is 4.90 Å². The Bertz CT molecular complexity index is 256. The molecule has 1 aliphatic rings. The topological polar surface area (TPSA) is 15.3 Å². The first-order valence-corrected chi connectivity index (χ1v) is 7.69. The Morgan fingerprint density at radius 2 is 2.11 bits per heavy atom. The van der Waals surface area contributed by atoms with Crippen molar-refractivity contribution in [1.82, 2.24) is 10.2 Å². The fourth-order valence-electron chi connectivity index (χ4n) is 2.69. The summed E-state index contributed by atoms with van der Waals surface area (Å²) in [7, 11) is 0. The van der Waals surface area contributed by atoms with Crippen molar-refractivity contribution in [2.24, 2.45) is 5.92 Å². The number of hydrogen-bond acceptors (Lipinski definition) is 2. The SMILES string of the molecule is CCCC1CNC(C(C)CC)CN1CC=C(C)C. The first kappa shape index (κ1) is 15.7. The van der Waals surface area contributed by atoms with E-state index >= 15 is 0 Å². The minimum Gasteiger partial charge on any atom is -0.311 e. The van der Waals surface area contributed by atoms with Gasteiger partial charge in [-0.1, -0.05) is 45.3 Å². The Labute approximate surface area is 114 Å². The molecular weight excluding hydrogens is 220 g/mol. The monoisotopic (exact) mass is 252 g/mol. The van der Waals surface area contributed by atoms with Gasteiger partial charge in [0.15, 0.2) is 0 Å². The molecule has 1 rings (SSSR count). The second kappa shape index (κ2) is 7.96. The van der Waals surface area contributed by atoms with Crippen LogP contribution in [0, 0.1) is 5.92 Å². The van der Waals surface area contributed by atoms with Gasteiger partial charge in [-0.2, -0.15) is 0 Å². The van der Waals surface area contributed by atoms with Crippen molar-refractivity contribution >= 4 is 0 Å². The highest BCUT2D eigenvalue weighted by Crippen LogP contribution is 2.18. The van der Waals surface area contributed by atoms with Crippen LogP contribution in [0.1, 0.15) is 53.9 Å². The average molecular weight is 252 g/mol. The number of allylic oxidation sites excluding steroid dienone is 1. The molecule has 18 heavy (non-hydrogen) atoms. The molecule has 2 heteroatoms. The highest BCUT2D eigenvalue weighted by molar-refractivity contribution is 4.98. The van der Waals surface area contributed by atoms with Crippen LogP contribution in [-0.2, 0) is 0 Å². The summed E-state index contributed by atoms with van der Waals surface area (Å²) in [5.74, 6) is 0.779. The normalized spacial score (nSPS) is 26.9. The quantitative estimate of drug-likeness (QED) is 0.729. The zero-order valence-electron chi connectivity index (χ0n) is 13.0. The Morgan fingerprint density at radius 3 is 2.67 bits per heavy atom. The van der Waals surface area contributed by atoms with Gasteiger partial charge in [-0.05, 0) is 26.2 Å². The highest BCUT2D eigenvalue weighted by atomic mass is 15.2. The van der Waals surface area contributed by atoms with Crippen molar-refractivity contribution < 1.29 is 0 Å². The molecule has 2 nitrogen and oxygen atoms in total. The van der Waals surface area contributed by atoms with Gasteiger partial charge < -0.3 is 5.32 Å². The molecule has 0 spiro atoms. The van der Waals surface area contributed by atoms with Crippen LogP contribution in [0.25, 0.3) is 0 Å². The summed E-state index contributed by atoms with van der Waals surface area (Å²) >= 11 is 0. The largest absolute Gasteiger partial charge is 0.311 e. The molecule has 1 aliphatic heterocycles. The van der Waals surface area contributed by atoms with Gasteiger partial charge >= 0.3 is 0 Å². The maximum Gasteiger partial charge on any atom is 0.0224 e. The van der Waals surface area contributed by atoms with Gasteiger partial charge in [0.1, 0.15) is 0 Å². The molecule has 0 amide bonds. The maximum absolute atomic E-state index is 3.76. The van der Waals surface area contributed by atoms with Crippen LogP contribution in [0.15, 0.2) is 11.6 Å². The van der Waals surface area contributed by atoms with Gasteiger partial charge in [0.05, 0.1) is 0 Å². The van der Waals surface area contributed by atoms with E-state index in [0.717, 1.165) is 18.5 Å².